The first-order valence-electron chi connectivity index (χ1n) is 2.88. The lowest BCUT2D eigenvalue weighted by atomic mass is 10.3. The summed E-state index contributed by atoms with van der Waals surface area (Å²) in [6, 6.07) is 2.81. The van der Waals surface area contributed by atoms with Crippen molar-refractivity contribution in [2.75, 3.05) is 5.43 Å². The predicted octanol–water partition coefficient (Wildman–Crippen LogP) is -0.848. The van der Waals surface area contributed by atoms with Gasteiger partial charge in [-0.05, 0) is 12.1 Å². The number of nitrogens with one attached hydrogen (secondary N) is 1. The average molecular weight is 189 g/mol. The van der Waals surface area contributed by atoms with Crippen molar-refractivity contribution in [2.45, 2.75) is 0 Å². The molecule has 0 amide bonds. The van der Waals surface area contributed by atoms with Crippen LogP contribution in [-0.4, -0.2) is 11.0 Å². The monoisotopic (exact) mass is 188 g/mol. The number of rotatable bonds is 2. The lowest BCUT2D eigenvalue weighted by Crippen LogP contribution is -2.22. The second-order valence-electron chi connectivity index (χ2n) is 1.86. The zero-order valence-electron chi connectivity index (χ0n) is 5.98. The number of aromatic nitrogens is 1. The van der Waals surface area contributed by atoms with Gasteiger partial charge in [0.1, 0.15) is 5.82 Å². The summed E-state index contributed by atoms with van der Waals surface area (Å²) in [7, 11) is 0. The van der Waals surface area contributed by atoms with E-state index in [-0.39, 0.29) is 18.0 Å². The quantitative estimate of drug-likeness (QED) is 0.466. The highest BCUT2D eigenvalue weighted by Gasteiger charge is 1.93. The van der Waals surface area contributed by atoms with E-state index >= 15 is 0 Å². The molecule has 1 rings (SSSR count). The highest BCUT2D eigenvalue weighted by molar-refractivity contribution is 5.85. The zero-order valence-corrected chi connectivity index (χ0v) is 6.80. The molecule has 1 aromatic rings. The number of carbonyl (C=O) groups excluding carboxylic acids is 1. The Kier molecular flexibility index (Phi) is 4.03. The van der Waals surface area contributed by atoms with Crippen molar-refractivity contribution in [1.29, 1.82) is 0 Å². The van der Waals surface area contributed by atoms with E-state index in [1.165, 1.54) is 18.3 Å². The number of aromatic carboxylic acids is 1. The molecule has 66 valence electrons. The molecule has 0 fully saturated rings. The van der Waals surface area contributed by atoms with Crippen molar-refractivity contribution in [1.82, 2.24) is 4.98 Å². The second kappa shape index (κ2) is 4.53. The number of carboxylic acid groups (broad SMARTS) is 1. The summed E-state index contributed by atoms with van der Waals surface area (Å²) in [4.78, 5) is 13.9. The summed E-state index contributed by atoms with van der Waals surface area (Å²) in [5.41, 5.74) is 2.30. The van der Waals surface area contributed by atoms with E-state index in [1.807, 2.05) is 0 Å². The van der Waals surface area contributed by atoms with E-state index in [1.54, 1.807) is 0 Å². The van der Waals surface area contributed by atoms with Gasteiger partial charge >= 0.3 is 0 Å². The number of hydrogen-bond donors (Lipinski definition) is 2. The molecule has 0 bridgehead atoms. The number of hydrogen-bond acceptors (Lipinski definition) is 5. The summed E-state index contributed by atoms with van der Waals surface area (Å²) in [6.45, 7) is 0. The van der Waals surface area contributed by atoms with E-state index < -0.39 is 5.97 Å². The smallest absolute Gasteiger partial charge is 0.139 e. The standard InChI is InChI=1S/C6H7N3O2.ClH/c7-9-5-2-1-4(3-8-5)6(10)11;/h1-3H,7H2,(H,8,9)(H,10,11);1H/p-1. The first-order chi connectivity index (χ1) is 5.24. The third-order valence-electron chi connectivity index (χ3n) is 1.15. The van der Waals surface area contributed by atoms with Crippen LogP contribution in [0.15, 0.2) is 18.3 Å². The normalized spacial score (nSPS) is 8.42. The molecular weight excluding hydrogens is 182 g/mol. The van der Waals surface area contributed by atoms with Crippen LogP contribution in [0.25, 0.3) is 0 Å². The van der Waals surface area contributed by atoms with E-state index in [2.05, 4.69) is 10.4 Å². The molecule has 0 aliphatic heterocycles. The van der Waals surface area contributed by atoms with Gasteiger partial charge < -0.3 is 15.3 Å². The molecule has 0 atom stereocenters. The Hall–Kier alpha value is -1.33. The number of anilines is 1. The van der Waals surface area contributed by atoms with Crippen molar-refractivity contribution >= 4 is 24.2 Å². The Morgan fingerprint density at radius 3 is 2.58 bits per heavy atom. The van der Waals surface area contributed by atoms with E-state index in [4.69, 9.17) is 5.84 Å². The van der Waals surface area contributed by atoms with Crippen LogP contribution in [0.4, 0.5) is 5.82 Å². The maximum atomic E-state index is 10.2. The predicted molar refractivity (Wildman–Crippen MR) is 43.6 cm³/mol. The van der Waals surface area contributed by atoms with E-state index in [0.29, 0.717) is 5.82 Å². The second-order valence-corrected chi connectivity index (χ2v) is 1.86. The number of carbonyl (C=O) groups is 1. The summed E-state index contributed by atoms with van der Waals surface area (Å²) < 4.78 is 0. The minimum Gasteiger partial charge on any atom is -0.545 e. The van der Waals surface area contributed by atoms with Crippen LogP contribution in [0.2, 0.25) is 0 Å². The van der Waals surface area contributed by atoms with Gasteiger partial charge in [-0.2, -0.15) is 0 Å². The summed E-state index contributed by atoms with van der Waals surface area (Å²) in [5.74, 6) is 4.16. The van der Waals surface area contributed by atoms with Crippen LogP contribution >= 0.6 is 12.4 Å². The molecule has 0 aromatic carbocycles. The Labute approximate surface area is 75.0 Å². The van der Waals surface area contributed by atoms with Crippen LogP contribution in [0.3, 0.4) is 0 Å². The topological polar surface area (TPSA) is 91.1 Å². The summed E-state index contributed by atoms with van der Waals surface area (Å²) >= 11 is 0. The zero-order chi connectivity index (χ0) is 8.27. The van der Waals surface area contributed by atoms with E-state index in [0.717, 1.165) is 0 Å². The lowest BCUT2D eigenvalue weighted by Gasteiger charge is -2.01. The van der Waals surface area contributed by atoms with Gasteiger partial charge in [-0.25, -0.2) is 10.8 Å². The summed E-state index contributed by atoms with van der Waals surface area (Å²) in [5, 5.41) is 10.2. The molecule has 1 aromatic heterocycles. The molecule has 0 spiro atoms. The highest BCUT2D eigenvalue weighted by atomic mass is 35.5. The van der Waals surface area contributed by atoms with Gasteiger partial charge in [-0.3, -0.25) is 0 Å². The Morgan fingerprint density at radius 2 is 2.25 bits per heavy atom. The number of nitrogen functional groups attached to an aromatic ring is 1. The lowest BCUT2D eigenvalue weighted by molar-refractivity contribution is -0.255. The maximum absolute atomic E-state index is 10.2. The third kappa shape index (κ3) is 2.37. The first-order valence-corrected chi connectivity index (χ1v) is 2.88. The SMILES string of the molecule is Cl.NNc1ccc(C(=O)[O-])cn1. The molecule has 5 nitrogen and oxygen atoms in total. The van der Waals surface area contributed by atoms with Crippen LogP contribution < -0.4 is 16.4 Å². The minimum absolute atomic E-state index is 0. The average Bonchev–Trinajstić information content (AvgIpc) is 2.05. The van der Waals surface area contributed by atoms with Crippen LogP contribution in [0.5, 0.6) is 0 Å². The molecule has 0 radical (unpaired) electrons. The van der Waals surface area contributed by atoms with Gasteiger partial charge in [0, 0.05) is 11.8 Å². The van der Waals surface area contributed by atoms with Gasteiger partial charge in [-0.15, -0.1) is 12.4 Å². The number of hydrazine groups is 1. The van der Waals surface area contributed by atoms with Crippen LogP contribution in [0, 0.1) is 0 Å². The molecule has 6 heteroatoms. The Balaban J connectivity index is 0.00000121. The molecular formula is C6H7ClN3O2-. The number of carboxylic acids is 1. The van der Waals surface area contributed by atoms with Crippen molar-refractivity contribution in [3.8, 4) is 0 Å². The number of nitrogens with zero attached hydrogens (tertiary/aromatic N) is 1. The fourth-order valence-corrected chi connectivity index (χ4v) is 0.600. The van der Waals surface area contributed by atoms with Gasteiger partial charge in [0.25, 0.3) is 0 Å². The molecule has 0 aliphatic rings. The van der Waals surface area contributed by atoms with Crippen molar-refractivity contribution in [3.63, 3.8) is 0 Å². The molecule has 1 heterocycles. The van der Waals surface area contributed by atoms with Crippen molar-refractivity contribution < 1.29 is 9.90 Å². The van der Waals surface area contributed by atoms with Gasteiger partial charge in [-0.1, -0.05) is 0 Å². The van der Waals surface area contributed by atoms with Crippen LogP contribution in [-0.2, 0) is 0 Å². The fourth-order valence-electron chi connectivity index (χ4n) is 0.600. The maximum Gasteiger partial charge on any atom is 0.139 e. The van der Waals surface area contributed by atoms with Crippen molar-refractivity contribution in [3.05, 3.63) is 23.9 Å². The third-order valence-corrected chi connectivity index (χ3v) is 1.15. The summed E-state index contributed by atoms with van der Waals surface area (Å²) in [6.07, 6.45) is 1.17. The number of pyridine rings is 1. The minimum atomic E-state index is -1.25. The van der Waals surface area contributed by atoms with Gasteiger partial charge in [0.2, 0.25) is 0 Å². The van der Waals surface area contributed by atoms with Gasteiger partial charge in [0.05, 0.1) is 5.97 Å². The number of halogens is 1. The molecule has 0 unspecified atom stereocenters. The van der Waals surface area contributed by atoms with Crippen LogP contribution in [0.1, 0.15) is 10.4 Å². The van der Waals surface area contributed by atoms with Crippen molar-refractivity contribution in [2.24, 2.45) is 5.84 Å². The largest absolute Gasteiger partial charge is 0.545 e. The Morgan fingerprint density at radius 1 is 1.58 bits per heavy atom. The molecule has 0 aliphatic carbocycles. The fraction of sp³-hybridized carbons (Fsp3) is 0. The molecule has 12 heavy (non-hydrogen) atoms. The number of nitrogens with two attached hydrogens (primary N) is 1. The van der Waals surface area contributed by atoms with Gasteiger partial charge in [0.15, 0.2) is 0 Å². The molecule has 3 N–H and O–H groups in total. The first kappa shape index (κ1) is 10.7. The Bertz CT molecular complexity index is 262. The molecule has 0 saturated heterocycles. The molecule has 0 saturated carbocycles. The highest BCUT2D eigenvalue weighted by Crippen LogP contribution is 2.01. The van der Waals surface area contributed by atoms with E-state index in [9.17, 15) is 9.90 Å².